The van der Waals surface area contributed by atoms with Crippen molar-refractivity contribution in [3.63, 3.8) is 0 Å². The molecule has 0 aliphatic heterocycles. The predicted molar refractivity (Wildman–Crippen MR) is 81.3 cm³/mol. The third-order valence-corrected chi connectivity index (χ3v) is 3.30. The Hall–Kier alpha value is -1.70. The van der Waals surface area contributed by atoms with Crippen molar-refractivity contribution < 1.29 is 9.47 Å². The Bertz CT molecular complexity index is 640. The fourth-order valence-corrected chi connectivity index (χ4v) is 2.09. The van der Waals surface area contributed by atoms with Gasteiger partial charge < -0.3 is 9.47 Å². The van der Waals surface area contributed by atoms with E-state index >= 15 is 0 Å². The number of hydrogen-bond acceptors (Lipinski definition) is 3. The van der Waals surface area contributed by atoms with Crippen LogP contribution in [0.25, 0.3) is 0 Å². The van der Waals surface area contributed by atoms with Gasteiger partial charge >= 0.3 is 0 Å². The summed E-state index contributed by atoms with van der Waals surface area (Å²) >= 11 is 9.37. The maximum Gasteiger partial charge on any atom is 0.139 e. The quantitative estimate of drug-likeness (QED) is 0.747. The van der Waals surface area contributed by atoms with Gasteiger partial charge in [-0.05, 0) is 30.3 Å². The topological polar surface area (TPSA) is 42.2 Å². The molecule has 0 spiro atoms. The maximum absolute atomic E-state index is 8.94. The number of benzene rings is 2. The van der Waals surface area contributed by atoms with Crippen LogP contribution in [-0.4, -0.2) is 13.2 Å². The number of nitrogens with zero attached hydrogens (tertiary/aromatic N) is 1. The molecule has 0 unspecified atom stereocenters. The van der Waals surface area contributed by atoms with Gasteiger partial charge in [0, 0.05) is 4.47 Å². The Morgan fingerprint density at radius 3 is 2.50 bits per heavy atom. The highest BCUT2D eigenvalue weighted by molar-refractivity contribution is 9.10. The zero-order valence-electron chi connectivity index (χ0n) is 10.5. The van der Waals surface area contributed by atoms with Gasteiger partial charge in [0.05, 0.1) is 10.6 Å². The summed E-state index contributed by atoms with van der Waals surface area (Å²) in [5.74, 6) is 1.15. The smallest absolute Gasteiger partial charge is 0.139 e. The van der Waals surface area contributed by atoms with Gasteiger partial charge in [-0.15, -0.1) is 0 Å². The van der Waals surface area contributed by atoms with E-state index in [-0.39, 0.29) is 0 Å². The summed E-state index contributed by atoms with van der Waals surface area (Å²) in [4.78, 5) is 0. The molecular formula is C15H11BrClNO2. The lowest BCUT2D eigenvalue weighted by atomic mass is 10.2. The van der Waals surface area contributed by atoms with Crippen molar-refractivity contribution in [1.82, 2.24) is 0 Å². The lowest BCUT2D eigenvalue weighted by molar-refractivity contribution is 0.217. The molecule has 2 rings (SSSR count). The standard InChI is InChI=1S/C15H11BrClNO2/c16-12-5-6-13(17)15(9-12)20-8-7-19-14-4-2-1-3-11(14)10-18/h1-6,9H,7-8H2. The fraction of sp³-hybridized carbons (Fsp3) is 0.133. The number of para-hydroxylation sites is 1. The van der Waals surface area contributed by atoms with Crippen molar-refractivity contribution in [1.29, 1.82) is 5.26 Å². The van der Waals surface area contributed by atoms with Crippen molar-refractivity contribution >= 4 is 27.5 Å². The van der Waals surface area contributed by atoms with Crippen LogP contribution >= 0.6 is 27.5 Å². The number of rotatable bonds is 5. The van der Waals surface area contributed by atoms with E-state index < -0.39 is 0 Å². The predicted octanol–water partition coefficient (Wildman–Crippen LogP) is 4.43. The lowest BCUT2D eigenvalue weighted by Crippen LogP contribution is -2.09. The lowest BCUT2D eigenvalue weighted by Gasteiger charge is -2.10. The first-order valence-electron chi connectivity index (χ1n) is 5.90. The zero-order valence-corrected chi connectivity index (χ0v) is 12.8. The second-order valence-corrected chi connectivity index (χ2v) is 5.20. The second-order valence-electron chi connectivity index (χ2n) is 3.88. The Morgan fingerprint density at radius 2 is 1.75 bits per heavy atom. The summed E-state index contributed by atoms with van der Waals surface area (Å²) in [6.07, 6.45) is 0. The van der Waals surface area contributed by atoms with Crippen LogP contribution in [0.3, 0.4) is 0 Å². The van der Waals surface area contributed by atoms with Crippen LogP contribution in [0.5, 0.6) is 11.5 Å². The van der Waals surface area contributed by atoms with Gasteiger partial charge in [0.2, 0.25) is 0 Å². The maximum atomic E-state index is 8.94. The molecule has 0 heterocycles. The average Bonchev–Trinajstić information content (AvgIpc) is 2.47. The van der Waals surface area contributed by atoms with Gasteiger partial charge in [0.1, 0.15) is 30.8 Å². The van der Waals surface area contributed by atoms with Gasteiger partial charge in [0.15, 0.2) is 0 Å². The molecule has 0 aromatic heterocycles. The molecule has 0 saturated heterocycles. The van der Waals surface area contributed by atoms with Crippen molar-refractivity contribution in [2.75, 3.05) is 13.2 Å². The summed E-state index contributed by atoms with van der Waals surface area (Å²) in [6.45, 7) is 0.678. The van der Waals surface area contributed by atoms with Crippen molar-refractivity contribution in [2.45, 2.75) is 0 Å². The first kappa shape index (κ1) is 14.7. The highest BCUT2D eigenvalue weighted by atomic mass is 79.9. The SMILES string of the molecule is N#Cc1ccccc1OCCOc1cc(Br)ccc1Cl. The van der Waals surface area contributed by atoms with Crippen LogP contribution in [0, 0.1) is 11.3 Å². The van der Waals surface area contributed by atoms with E-state index in [1.165, 1.54) is 0 Å². The third kappa shape index (κ3) is 3.89. The van der Waals surface area contributed by atoms with Gasteiger partial charge in [-0.3, -0.25) is 0 Å². The first-order valence-corrected chi connectivity index (χ1v) is 7.07. The average molecular weight is 353 g/mol. The molecule has 2 aromatic carbocycles. The van der Waals surface area contributed by atoms with Crippen molar-refractivity contribution in [2.24, 2.45) is 0 Å². The molecule has 0 bridgehead atoms. The van der Waals surface area contributed by atoms with E-state index in [4.69, 9.17) is 26.3 Å². The summed E-state index contributed by atoms with van der Waals surface area (Å²) in [7, 11) is 0. The molecule has 2 aromatic rings. The Balaban J connectivity index is 1.88. The van der Waals surface area contributed by atoms with Crippen LogP contribution in [0.2, 0.25) is 5.02 Å². The Labute approximate surface area is 130 Å². The van der Waals surface area contributed by atoms with Gasteiger partial charge in [0.25, 0.3) is 0 Å². The van der Waals surface area contributed by atoms with Crippen LogP contribution in [0.15, 0.2) is 46.9 Å². The molecule has 20 heavy (non-hydrogen) atoms. The van der Waals surface area contributed by atoms with E-state index in [0.29, 0.717) is 35.3 Å². The molecule has 0 fully saturated rings. The minimum Gasteiger partial charge on any atom is -0.489 e. The monoisotopic (exact) mass is 351 g/mol. The molecule has 0 atom stereocenters. The zero-order chi connectivity index (χ0) is 14.4. The minimum atomic E-state index is 0.335. The third-order valence-electron chi connectivity index (χ3n) is 2.50. The normalized spacial score (nSPS) is 9.85. The van der Waals surface area contributed by atoms with Crippen LogP contribution < -0.4 is 9.47 Å². The highest BCUT2D eigenvalue weighted by Crippen LogP contribution is 2.27. The molecule has 5 heteroatoms. The molecule has 0 aliphatic rings. The number of ether oxygens (including phenoxy) is 2. The number of halogens is 2. The molecule has 3 nitrogen and oxygen atoms in total. The molecule has 102 valence electrons. The molecule has 0 saturated carbocycles. The molecule has 0 radical (unpaired) electrons. The summed E-state index contributed by atoms with van der Waals surface area (Å²) in [5, 5.41) is 9.48. The van der Waals surface area contributed by atoms with Crippen molar-refractivity contribution in [3.05, 3.63) is 57.5 Å². The number of nitriles is 1. The van der Waals surface area contributed by atoms with E-state index in [2.05, 4.69) is 22.0 Å². The van der Waals surface area contributed by atoms with Crippen molar-refractivity contribution in [3.8, 4) is 17.6 Å². The van der Waals surface area contributed by atoms with E-state index in [1.807, 2.05) is 12.1 Å². The molecule has 0 amide bonds. The van der Waals surface area contributed by atoms with Crippen LogP contribution in [-0.2, 0) is 0 Å². The largest absolute Gasteiger partial charge is 0.489 e. The minimum absolute atomic E-state index is 0.335. The van der Waals surface area contributed by atoms with Gasteiger partial charge in [-0.1, -0.05) is 39.7 Å². The van der Waals surface area contributed by atoms with E-state index in [1.54, 1.807) is 30.3 Å². The molecule has 0 N–H and O–H groups in total. The summed E-state index contributed by atoms with van der Waals surface area (Å²) in [6, 6.07) is 14.6. The van der Waals surface area contributed by atoms with Crippen LogP contribution in [0.4, 0.5) is 0 Å². The van der Waals surface area contributed by atoms with Crippen LogP contribution in [0.1, 0.15) is 5.56 Å². The molecular weight excluding hydrogens is 342 g/mol. The highest BCUT2D eigenvalue weighted by Gasteiger charge is 2.04. The number of hydrogen-bond donors (Lipinski definition) is 0. The summed E-state index contributed by atoms with van der Waals surface area (Å²) in [5.41, 5.74) is 0.507. The van der Waals surface area contributed by atoms with Gasteiger partial charge in [-0.2, -0.15) is 5.26 Å². The second kappa shape index (κ2) is 7.18. The van der Waals surface area contributed by atoms with E-state index in [9.17, 15) is 0 Å². The Kier molecular flexibility index (Phi) is 5.28. The molecule has 0 aliphatic carbocycles. The van der Waals surface area contributed by atoms with Gasteiger partial charge in [-0.25, -0.2) is 0 Å². The summed E-state index contributed by atoms with van der Waals surface area (Å²) < 4.78 is 12.0. The Morgan fingerprint density at radius 1 is 1.05 bits per heavy atom. The first-order chi connectivity index (χ1) is 9.70. The van der Waals surface area contributed by atoms with E-state index in [0.717, 1.165) is 4.47 Å². The fourth-order valence-electron chi connectivity index (χ4n) is 1.58.